The van der Waals surface area contributed by atoms with Crippen LogP contribution >= 0.6 is 23.6 Å². The van der Waals surface area contributed by atoms with E-state index in [1.165, 1.54) is 15.5 Å². The highest BCUT2D eigenvalue weighted by molar-refractivity contribution is 7.80. The summed E-state index contributed by atoms with van der Waals surface area (Å²) in [7, 11) is 0. The second-order valence-corrected chi connectivity index (χ2v) is 10.6. The van der Waals surface area contributed by atoms with Crippen LogP contribution in [-0.4, -0.2) is 52.9 Å². The summed E-state index contributed by atoms with van der Waals surface area (Å²) in [6.45, 7) is 10.7. The van der Waals surface area contributed by atoms with Gasteiger partial charge in [0.05, 0.1) is 4.88 Å². The first-order chi connectivity index (χ1) is 18.9. The second-order valence-electron chi connectivity index (χ2n) is 9.16. The minimum atomic E-state index is -0.375. The van der Waals surface area contributed by atoms with Crippen LogP contribution in [0.3, 0.4) is 0 Å². The van der Waals surface area contributed by atoms with E-state index < -0.39 is 0 Å². The Morgan fingerprint density at radius 3 is 2.05 bits per heavy atom. The van der Waals surface area contributed by atoms with Crippen molar-refractivity contribution in [2.24, 2.45) is 0 Å². The van der Waals surface area contributed by atoms with Crippen molar-refractivity contribution < 1.29 is 14.3 Å². The predicted octanol–water partition coefficient (Wildman–Crippen LogP) is 6.44. The highest BCUT2D eigenvalue weighted by Crippen LogP contribution is 2.42. The van der Waals surface area contributed by atoms with Gasteiger partial charge >= 0.3 is 0 Å². The molecule has 0 atom stereocenters. The zero-order valence-electron chi connectivity index (χ0n) is 22.6. The number of hydrogen-bond donors (Lipinski definition) is 0. The van der Waals surface area contributed by atoms with Gasteiger partial charge in [0.15, 0.2) is 5.11 Å². The minimum Gasteiger partial charge on any atom is -0.455 e. The molecule has 1 saturated heterocycles. The van der Waals surface area contributed by atoms with E-state index in [0.717, 1.165) is 28.4 Å². The van der Waals surface area contributed by atoms with Gasteiger partial charge in [-0.25, -0.2) is 0 Å². The number of likely N-dealkylation sites (N-methyl/N-ethyl adjacent to an activating group) is 2. The lowest BCUT2D eigenvalue weighted by atomic mass is 9.93. The summed E-state index contributed by atoms with van der Waals surface area (Å²) in [5, 5.41) is 0.249. The third-order valence-corrected chi connectivity index (χ3v) is 8.67. The number of amides is 2. The maximum Gasteiger partial charge on any atom is 0.266 e. The first-order valence-corrected chi connectivity index (χ1v) is 14.5. The topological polar surface area (TPSA) is 53.1 Å². The lowest BCUT2D eigenvalue weighted by Gasteiger charge is -2.36. The molecule has 0 radical (unpaired) electrons. The van der Waals surface area contributed by atoms with Gasteiger partial charge in [0.2, 0.25) is 0 Å². The maximum atomic E-state index is 13.6. The van der Waals surface area contributed by atoms with Crippen molar-refractivity contribution in [1.29, 1.82) is 0 Å². The summed E-state index contributed by atoms with van der Waals surface area (Å²) in [6.07, 6.45) is 1.82. The molecule has 0 unspecified atom stereocenters. The lowest BCUT2D eigenvalue weighted by molar-refractivity contribution is -0.133. The molecule has 2 aromatic carbocycles. The van der Waals surface area contributed by atoms with Crippen molar-refractivity contribution in [3.8, 4) is 16.2 Å². The van der Waals surface area contributed by atoms with E-state index in [1.54, 1.807) is 11.3 Å². The van der Waals surface area contributed by atoms with Crippen LogP contribution in [0.2, 0.25) is 0 Å². The lowest BCUT2D eigenvalue weighted by Crippen LogP contribution is -2.56. The van der Waals surface area contributed by atoms with E-state index in [0.29, 0.717) is 35.7 Å². The smallest absolute Gasteiger partial charge is 0.266 e. The summed E-state index contributed by atoms with van der Waals surface area (Å²) < 4.78 is 6.32. The standard InChI is InChI=1S/C31H31N3O3S2/c1-5-32(6-2)21-15-13-20(14-16-21)26-17-18-27(39-26)25-19-23(22-11-9-10-12-24(22)37-25)28-29(35)33(7-3)31(38)34(8-4)30(28)36/h9-19H,5-8H2,1-4H3. The van der Waals surface area contributed by atoms with Crippen LogP contribution in [0.1, 0.15) is 38.1 Å². The number of rotatable bonds is 7. The van der Waals surface area contributed by atoms with Gasteiger partial charge in [0, 0.05) is 47.9 Å². The van der Waals surface area contributed by atoms with Crippen LogP contribution in [0.15, 0.2) is 72.3 Å². The van der Waals surface area contributed by atoms with E-state index in [9.17, 15) is 9.59 Å². The van der Waals surface area contributed by atoms with Gasteiger partial charge in [0.1, 0.15) is 17.1 Å². The van der Waals surface area contributed by atoms with Gasteiger partial charge in [-0.15, -0.1) is 11.3 Å². The van der Waals surface area contributed by atoms with E-state index in [4.69, 9.17) is 17.0 Å². The first-order valence-electron chi connectivity index (χ1n) is 13.3. The molecule has 0 N–H and O–H groups in total. The van der Waals surface area contributed by atoms with Crippen LogP contribution in [-0.2, 0) is 9.59 Å². The summed E-state index contributed by atoms with van der Waals surface area (Å²) >= 11 is 7.08. The normalized spacial score (nSPS) is 15.4. The minimum absolute atomic E-state index is 0.115. The molecule has 1 fully saturated rings. The Kier molecular flexibility index (Phi) is 7.68. The fourth-order valence-electron chi connectivity index (χ4n) is 4.98. The van der Waals surface area contributed by atoms with Crippen molar-refractivity contribution in [3.63, 3.8) is 0 Å². The van der Waals surface area contributed by atoms with Crippen LogP contribution in [0.25, 0.3) is 21.8 Å². The largest absolute Gasteiger partial charge is 0.455 e. The molecule has 6 nitrogen and oxygen atoms in total. The molecule has 5 rings (SSSR count). The molecule has 0 bridgehead atoms. The number of ether oxygens (including phenoxy) is 1. The van der Waals surface area contributed by atoms with E-state index in [2.05, 4.69) is 49.1 Å². The van der Waals surface area contributed by atoms with Gasteiger partial charge in [-0.1, -0.05) is 30.3 Å². The molecular weight excluding hydrogens is 526 g/mol. The van der Waals surface area contributed by atoms with Crippen molar-refractivity contribution in [3.05, 3.63) is 82.8 Å². The molecule has 3 heterocycles. The first kappa shape index (κ1) is 26.8. The number of allylic oxidation sites excluding steroid dienone is 2. The van der Waals surface area contributed by atoms with Crippen LogP contribution in [0.4, 0.5) is 5.69 Å². The number of thiocarbonyl (C=S) groups is 1. The molecule has 3 aromatic rings. The number of nitrogens with zero attached hydrogens (tertiary/aromatic N) is 3. The van der Waals surface area contributed by atoms with E-state index >= 15 is 0 Å². The Morgan fingerprint density at radius 1 is 0.821 bits per heavy atom. The molecular formula is C31H31N3O3S2. The summed E-state index contributed by atoms with van der Waals surface area (Å²) in [5.74, 6) is 0.460. The van der Waals surface area contributed by atoms with Gasteiger partial charge in [-0.3, -0.25) is 19.4 Å². The monoisotopic (exact) mass is 557 g/mol. The average molecular weight is 558 g/mol. The van der Waals surface area contributed by atoms with Crippen molar-refractivity contribution >= 4 is 57.5 Å². The molecule has 39 heavy (non-hydrogen) atoms. The zero-order valence-corrected chi connectivity index (χ0v) is 24.2. The Balaban J connectivity index is 1.57. The fourth-order valence-corrected chi connectivity index (χ4v) is 6.37. The Hall–Kier alpha value is -3.75. The summed E-state index contributed by atoms with van der Waals surface area (Å²) in [5.41, 5.74) is 3.71. The third-order valence-electron chi connectivity index (χ3n) is 7.08. The average Bonchev–Trinajstić information content (AvgIpc) is 3.45. The number of fused-ring (bicyclic) bond motifs is 1. The Bertz CT molecular complexity index is 1470. The number of benzene rings is 2. The number of para-hydroxylation sites is 1. The third kappa shape index (κ3) is 4.79. The van der Waals surface area contributed by atoms with Crippen LogP contribution < -0.4 is 9.64 Å². The maximum absolute atomic E-state index is 13.6. The van der Waals surface area contributed by atoms with E-state index in [1.807, 2.05) is 50.3 Å². The Morgan fingerprint density at radius 2 is 1.44 bits per heavy atom. The number of thiophene rings is 1. The van der Waals surface area contributed by atoms with Crippen molar-refractivity contribution in [2.45, 2.75) is 27.7 Å². The Labute approximate surface area is 238 Å². The molecule has 8 heteroatoms. The molecule has 2 amide bonds. The summed E-state index contributed by atoms with van der Waals surface area (Å²) in [4.78, 5) is 34.4. The van der Waals surface area contributed by atoms with Crippen LogP contribution in [0.5, 0.6) is 5.75 Å². The highest BCUT2D eigenvalue weighted by Gasteiger charge is 2.41. The molecule has 1 aromatic heterocycles. The number of carbonyl (C=O) groups excluding carboxylic acids is 2. The highest BCUT2D eigenvalue weighted by atomic mass is 32.1. The van der Waals surface area contributed by atoms with Gasteiger partial charge in [-0.05, 0) is 81.9 Å². The second kappa shape index (κ2) is 11.2. The molecule has 0 aliphatic carbocycles. The predicted molar refractivity (Wildman–Crippen MR) is 163 cm³/mol. The van der Waals surface area contributed by atoms with Crippen molar-refractivity contribution in [1.82, 2.24) is 9.80 Å². The zero-order chi connectivity index (χ0) is 27.7. The van der Waals surface area contributed by atoms with E-state index in [-0.39, 0.29) is 22.5 Å². The SMILES string of the molecule is CCN1C(=O)C(=C2C=C(c3ccc(-c4ccc(N(CC)CC)cc4)s3)Oc3ccccc32)C(=O)N(CC)C1=S. The number of carbonyl (C=O) groups is 2. The summed E-state index contributed by atoms with van der Waals surface area (Å²) in [6, 6.07) is 20.2. The molecule has 0 spiro atoms. The number of anilines is 1. The van der Waals surface area contributed by atoms with Crippen molar-refractivity contribution in [2.75, 3.05) is 31.1 Å². The van der Waals surface area contributed by atoms with Gasteiger partial charge < -0.3 is 9.64 Å². The van der Waals surface area contributed by atoms with Gasteiger partial charge in [0.25, 0.3) is 11.8 Å². The number of hydrogen-bond acceptors (Lipinski definition) is 6. The molecule has 2 aliphatic rings. The quantitative estimate of drug-likeness (QED) is 0.190. The van der Waals surface area contributed by atoms with Gasteiger partial charge in [-0.2, -0.15) is 0 Å². The molecule has 200 valence electrons. The fraction of sp³-hybridized carbons (Fsp3) is 0.258. The molecule has 2 aliphatic heterocycles. The van der Waals surface area contributed by atoms with Crippen LogP contribution in [0, 0.1) is 0 Å². The molecule has 0 saturated carbocycles.